The number of hydrogen-bond acceptors (Lipinski definition) is 6. The van der Waals surface area contributed by atoms with Gasteiger partial charge in [0.05, 0.1) is 18.9 Å². The molecule has 0 aromatic carbocycles. The molecular weight excluding hydrogens is 278 g/mol. The fourth-order valence-corrected chi connectivity index (χ4v) is 2.24. The average molecular weight is 301 g/mol. The summed E-state index contributed by atoms with van der Waals surface area (Å²) in [6, 6.07) is 0. The molecule has 0 spiro atoms. The molecule has 114 valence electrons. The molecule has 0 amide bonds. The summed E-state index contributed by atoms with van der Waals surface area (Å²) in [7, 11) is 4.01. The van der Waals surface area contributed by atoms with Gasteiger partial charge in [-0.05, 0) is 27.9 Å². The Morgan fingerprint density at radius 3 is 2.80 bits per heavy atom. The molecule has 1 aromatic rings. The Balaban J connectivity index is 2.33. The van der Waals surface area contributed by atoms with Crippen LogP contribution in [-0.4, -0.2) is 61.4 Å². The number of likely N-dealkylation sites (N-methyl/N-ethyl adjacent to an activating group) is 1. The van der Waals surface area contributed by atoms with Crippen molar-refractivity contribution in [2.75, 3.05) is 45.7 Å². The number of anilines is 1. The van der Waals surface area contributed by atoms with Crippen molar-refractivity contribution in [1.82, 2.24) is 9.88 Å². The summed E-state index contributed by atoms with van der Waals surface area (Å²) in [5, 5.41) is 14.8. The second-order valence-corrected chi connectivity index (χ2v) is 6.17. The van der Waals surface area contributed by atoms with Crippen LogP contribution in [0.2, 0.25) is 0 Å². The molecular formula is C13H23N3O3S. The van der Waals surface area contributed by atoms with Gasteiger partial charge in [-0.1, -0.05) is 0 Å². The van der Waals surface area contributed by atoms with Crippen molar-refractivity contribution in [1.29, 1.82) is 0 Å². The summed E-state index contributed by atoms with van der Waals surface area (Å²) in [6.45, 7) is 6.16. The van der Waals surface area contributed by atoms with E-state index in [1.807, 2.05) is 14.1 Å². The number of carboxylic acids is 1. The molecule has 7 heteroatoms. The van der Waals surface area contributed by atoms with Crippen molar-refractivity contribution in [2.45, 2.75) is 19.3 Å². The first-order valence-corrected chi connectivity index (χ1v) is 7.37. The average Bonchev–Trinajstić information content (AvgIpc) is 2.82. The fourth-order valence-electron chi connectivity index (χ4n) is 1.33. The van der Waals surface area contributed by atoms with Crippen LogP contribution in [0.25, 0.3) is 0 Å². The summed E-state index contributed by atoms with van der Waals surface area (Å²) in [4.78, 5) is 17.5. The molecule has 0 aliphatic rings. The van der Waals surface area contributed by atoms with Gasteiger partial charge in [-0.3, -0.25) is 4.79 Å². The smallest absolute Gasteiger partial charge is 0.315 e. The van der Waals surface area contributed by atoms with Gasteiger partial charge < -0.3 is 20.1 Å². The Kier molecular flexibility index (Phi) is 6.38. The predicted molar refractivity (Wildman–Crippen MR) is 80.6 cm³/mol. The third-order valence-electron chi connectivity index (χ3n) is 2.88. The molecule has 0 bridgehead atoms. The number of ether oxygens (including phenoxy) is 1. The summed E-state index contributed by atoms with van der Waals surface area (Å²) < 4.78 is 5.46. The van der Waals surface area contributed by atoms with Gasteiger partial charge >= 0.3 is 5.97 Å². The van der Waals surface area contributed by atoms with E-state index < -0.39 is 11.4 Å². The van der Waals surface area contributed by atoms with E-state index in [4.69, 9.17) is 9.84 Å². The maximum Gasteiger partial charge on any atom is 0.315 e. The van der Waals surface area contributed by atoms with E-state index in [2.05, 4.69) is 15.2 Å². The minimum atomic E-state index is -0.960. The maximum absolute atomic E-state index is 11.1. The first kappa shape index (κ1) is 16.9. The number of nitrogens with zero attached hydrogens (tertiary/aromatic N) is 2. The summed E-state index contributed by atoms with van der Waals surface area (Å²) in [6.07, 6.45) is 0. The molecule has 1 heterocycles. The van der Waals surface area contributed by atoms with Crippen molar-refractivity contribution in [3.63, 3.8) is 0 Å². The van der Waals surface area contributed by atoms with Crippen LogP contribution in [0.5, 0.6) is 0 Å². The van der Waals surface area contributed by atoms with Crippen molar-refractivity contribution < 1.29 is 14.6 Å². The van der Waals surface area contributed by atoms with Crippen LogP contribution in [0.3, 0.4) is 0 Å². The highest BCUT2D eigenvalue weighted by molar-refractivity contribution is 7.13. The lowest BCUT2D eigenvalue weighted by molar-refractivity contribution is -0.142. The summed E-state index contributed by atoms with van der Waals surface area (Å²) in [5.41, 5.74) is -0.385. The second kappa shape index (κ2) is 7.56. The van der Waals surface area contributed by atoms with Gasteiger partial charge in [0, 0.05) is 18.5 Å². The zero-order valence-corrected chi connectivity index (χ0v) is 13.3. The van der Waals surface area contributed by atoms with Gasteiger partial charge in [-0.15, -0.1) is 11.3 Å². The standard InChI is InChI=1S/C13H23N3O3S/c1-13(2,11(17)18)10-9-20-12(15-10)14-5-7-19-8-6-16(3)4/h9H,5-8H2,1-4H3,(H,14,15)(H,17,18). The molecule has 20 heavy (non-hydrogen) atoms. The molecule has 1 rings (SSSR count). The lowest BCUT2D eigenvalue weighted by atomic mass is 9.90. The number of carbonyl (C=O) groups is 1. The molecule has 2 N–H and O–H groups in total. The first-order valence-electron chi connectivity index (χ1n) is 6.50. The Morgan fingerprint density at radius 2 is 2.20 bits per heavy atom. The molecule has 0 saturated heterocycles. The van der Waals surface area contributed by atoms with Crippen molar-refractivity contribution in [3.8, 4) is 0 Å². The lowest BCUT2D eigenvalue weighted by Gasteiger charge is -2.15. The van der Waals surface area contributed by atoms with Gasteiger partial charge in [0.25, 0.3) is 0 Å². The van der Waals surface area contributed by atoms with E-state index >= 15 is 0 Å². The topological polar surface area (TPSA) is 74.7 Å². The van der Waals surface area contributed by atoms with Crippen LogP contribution in [0.4, 0.5) is 5.13 Å². The largest absolute Gasteiger partial charge is 0.481 e. The van der Waals surface area contributed by atoms with E-state index in [0.717, 1.165) is 11.7 Å². The highest BCUT2D eigenvalue weighted by atomic mass is 32.1. The number of aliphatic carboxylic acids is 1. The molecule has 6 nitrogen and oxygen atoms in total. The zero-order chi connectivity index (χ0) is 15.2. The Hall–Kier alpha value is -1.18. The fraction of sp³-hybridized carbons (Fsp3) is 0.692. The van der Waals surface area contributed by atoms with E-state index in [1.54, 1.807) is 19.2 Å². The van der Waals surface area contributed by atoms with Crippen LogP contribution in [0.1, 0.15) is 19.5 Å². The molecule has 0 aliphatic heterocycles. The number of hydrogen-bond donors (Lipinski definition) is 2. The summed E-state index contributed by atoms with van der Waals surface area (Å²) >= 11 is 1.41. The van der Waals surface area contributed by atoms with E-state index in [0.29, 0.717) is 25.5 Å². The lowest BCUT2D eigenvalue weighted by Crippen LogP contribution is -2.28. The molecule has 0 aliphatic carbocycles. The van der Waals surface area contributed by atoms with Crippen molar-refractivity contribution in [2.24, 2.45) is 0 Å². The normalized spacial score (nSPS) is 11.8. The quantitative estimate of drug-likeness (QED) is 0.673. The molecule has 0 atom stereocenters. The van der Waals surface area contributed by atoms with Crippen LogP contribution < -0.4 is 5.32 Å². The zero-order valence-electron chi connectivity index (χ0n) is 12.5. The molecule has 1 aromatic heterocycles. The Bertz CT molecular complexity index is 432. The van der Waals surface area contributed by atoms with E-state index in [-0.39, 0.29) is 0 Å². The number of rotatable bonds is 9. The Labute approximate surface area is 123 Å². The SMILES string of the molecule is CN(C)CCOCCNc1nc(C(C)(C)C(=O)O)cs1. The monoisotopic (exact) mass is 301 g/mol. The van der Waals surface area contributed by atoms with Crippen molar-refractivity contribution >= 4 is 22.4 Å². The maximum atomic E-state index is 11.1. The third-order valence-corrected chi connectivity index (χ3v) is 3.68. The molecule has 0 radical (unpaired) electrons. The second-order valence-electron chi connectivity index (χ2n) is 5.31. The van der Waals surface area contributed by atoms with Crippen LogP contribution >= 0.6 is 11.3 Å². The minimum absolute atomic E-state index is 0.575. The van der Waals surface area contributed by atoms with Crippen LogP contribution in [0.15, 0.2) is 5.38 Å². The highest BCUT2D eigenvalue weighted by Gasteiger charge is 2.32. The van der Waals surface area contributed by atoms with Gasteiger partial charge in [0.2, 0.25) is 0 Å². The number of thiazole rings is 1. The first-order chi connectivity index (χ1) is 9.34. The highest BCUT2D eigenvalue weighted by Crippen LogP contribution is 2.27. The minimum Gasteiger partial charge on any atom is -0.481 e. The van der Waals surface area contributed by atoms with Crippen molar-refractivity contribution in [3.05, 3.63) is 11.1 Å². The molecule has 0 fully saturated rings. The van der Waals surface area contributed by atoms with E-state index in [9.17, 15) is 4.79 Å². The number of aromatic nitrogens is 1. The van der Waals surface area contributed by atoms with Crippen LogP contribution in [-0.2, 0) is 14.9 Å². The molecule has 0 saturated carbocycles. The van der Waals surface area contributed by atoms with Gasteiger partial charge in [-0.25, -0.2) is 4.98 Å². The molecule has 0 unspecified atom stereocenters. The summed E-state index contributed by atoms with van der Waals surface area (Å²) in [5.74, 6) is -0.874. The van der Waals surface area contributed by atoms with Gasteiger partial charge in [-0.2, -0.15) is 0 Å². The van der Waals surface area contributed by atoms with Crippen LogP contribution in [0, 0.1) is 0 Å². The van der Waals surface area contributed by atoms with E-state index in [1.165, 1.54) is 11.3 Å². The van der Waals surface area contributed by atoms with Gasteiger partial charge in [0.1, 0.15) is 5.41 Å². The number of carboxylic acid groups (broad SMARTS) is 1. The third kappa shape index (κ3) is 5.07. The number of nitrogens with one attached hydrogen (secondary N) is 1. The van der Waals surface area contributed by atoms with Gasteiger partial charge in [0.15, 0.2) is 5.13 Å². The Morgan fingerprint density at radius 1 is 1.50 bits per heavy atom. The predicted octanol–water partition coefficient (Wildman–Crippen LogP) is 1.50.